The van der Waals surface area contributed by atoms with Crippen LogP contribution in [0.5, 0.6) is 0 Å². The summed E-state index contributed by atoms with van der Waals surface area (Å²) < 4.78 is 28.7. The number of amides is 2. The molecule has 1 atom stereocenters. The molecule has 156 valence electrons. The molecule has 0 aliphatic carbocycles. The first-order valence-corrected chi connectivity index (χ1v) is 11.3. The fourth-order valence-electron chi connectivity index (χ4n) is 2.56. The molecule has 2 aromatic carbocycles. The van der Waals surface area contributed by atoms with Gasteiger partial charge in [-0.05, 0) is 49.7 Å². The molecule has 0 heterocycles. The van der Waals surface area contributed by atoms with Crippen LogP contribution in [0, 0.1) is 0 Å². The van der Waals surface area contributed by atoms with Gasteiger partial charge in [-0.1, -0.05) is 24.6 Å². The van der Waals surface area contributed by atoms with Gasteiger partial charge in [0.25, 0.3) is 11.8 Å². The molecule has 0 spiro atoms. The Bertz CT molecular complexity index is 1010. The molecule has 0 aromatic heterocycles. The quantitative estimate of drug-likeness (QED) is 0.653. The van der Waals surface area contributed by atoms with Crippen LogP contribution in [0.25, 0.3) is 0 Å². The largest absolute Gasteiger partial charge is 0.369 e. The molecular formula is C20H23ClN2O5S. The molecule has 0 saturated carbocycles. The molecule has 2 amide bonds. The highest BCUT2D eigenvalue weighted by molar-refractivity contribution is 7.90. The van der Waals surface area contributed by atoms with Crippen LogP contribution in [-0.2, 0) is 19.4 Å². The van der Waals surface area contributed by atoms with E-state index >= 15 is 0 Å². The molecule has 2 aromatic rings. The minimum Gasteiger partial charge on any atom is -0.369 e. The number of hydrogen-bond donors (Lipinski definition) is 2. The van der Waals surface area contributed by atoms with Crippen molar-refractivity contribution in [1.29, 1.82) is 0 Å². The van der Waals surface area contributed by atoms with E-state index < -0.39 is 21.8 Å². The summed E-state index contributed by atoms with van der Waals surface area (Å²) in [6.07, 6.45) is 1.05. The van der Waals surface area contributed by atoms with E-state index in [1.165, 1.54) is 30.3 Å². The molecule has 29 heavy (non-hydrogen) atoms. The SMILES string of the molecule is CCOC(CC)C(=O)Nc1ccc(NC(=O)c2cccc(S(C)(=O)=O)c2)c(Cl)c1. The van der Waals surface area contributed by atoms with E-state index in [0.717, 1.165) is 6.26 Å². The van der Waals surface area contributed by atoms with Gasteiger partial charge in [-0.3, -0.25) is 9.59 Å². The van der Waals surface area contributed by atoms with Gasteiger partial charge in [0.1, 0.15) is 6.10 Å². The monoisotopic (exact) mass is 438 g/mol. The third kappa shape index (κ3) is 6.28. The first kappa shape index (κ1) is 22.9. The average molecular weight is 439 g/mol. The Hall–Kier alpha value is -2.42. The summed E-state index contributed by atoms with van der Waals surface area (Å²) >= 11 is 6.23. The number of carbonyl (C=O) groups is 2. The third-order valence-electron chi connectivity index (χ3n) is 4.04. The van der Waals surface area contributed by atoms with E-state index in [2.05, 4.69) is 10.6 Å². The number of nitrogens with one attached hydrogen (secondary N) is 2. The summed E-state index contributed by atoms with van der Waals surface area (Å²) in [4.78, 5) is 24.7. The zero-order chi connectivity index (χ0) is 21.6. The van der Waals surface area contributed by atoms with Crippen LogP contribution >= 0.6 is 11.6 Å². The smallest absolute Gasteiger partial charge is 0.255 e. The van der Waals surface area contributed by atoms with Crippen molar-refractivity contribution in [3.63, 3.8) is 0 Å². The molecule has 0 bridgehead atoms. The number of hydrogen-bond acceptors (Lipinski definition) is 5. The minimum atomic E-state index is -3.43. The van der Waals surface area contributed by atoms with Crippen molar-refractivity contribution in [2.24, 2.45) is 0 Å². The van der Waals surface area contributed by atoms with Gasteiger partial charge in [-0.25, -0.2) is 8.42 Å². The second kappa shape index (κ2) is 9.87. The Labute approximate surface area is 175 Å². The van der Waals surface area contributed by atoms with Crippen molar-refractivity contribution < 1.29 is 22.7 Å². The predicted molar refractivity (Wildman–Crippen MR) is 113 cm³/mol. The maximum Gasteiger partial charge on any atom is 0.255 e. The van der Waals surface area contributed by atoms with Gasteiger partial charge in [0.2, 0.25) is 0 Å². The van der Waals surface area contributed by atoms with Crippen molar-refractivity contribution >= 4 is 44.6 Å². The summed E-state index contributed by atoms with van der Waals surface area (Å²) in [7, 11) is -3.43. The van der Waals surface area contributed by atoms with Crippen molar-refractivity contribution in [1.82, 2.24) is 0 Å². The van der Waals surface area contributed by atoms with E-state index in [4.69, 9.17) is 16.3 Å². The van der Waals surface area contributed by atoms with E-state index in [1.54, 1.807) is 12.1 Å². The van der Waals surface area contributed by atoms with Crippen molar-refractivity contribution in [3.8, 4) is 0 Å². The van der Waals surface area contributed by atoms with Gasteiger partial charge >= 0.3 is 0 Å². The van der Waals surface area contributed by atoms with E-state index in [0.29, 0.717) is 24.4 Å². The fourth-order valence-corrected chi connectivity index (χ4v) is 3.45. The number of anilines is 2. The lowest BCUT2D eigenvalue weighted by atomic mass is 10.2. The molecule has 1 unspecified atom stereocenters. The number of rotatable bonds is 8. The van der Waals surface area contributed by atoms with Crippen LogP contribution in [0.1, 0.15) is 30.6 Å². The van der Waals surface area contributed by atoms with E-state index in [1.807, 2.05) is 13.8 Å². The Morgan fingerprint density at radius 1 is 1.10 bits per heavy atom. The third-order valence-corrected chi connectivity index (χ3v) is 5.46. The van der Waals surface area contributed by atoms with Crippen molar-refractivity contribution in [3.05, 3.63) is 53.1 Å². The fraction of sp³-hybridized carbons (Fsp3) is 0.300. The summed E-state index contributed by atoms with van der Waals surface area (Å²) in [5.41, 5.74) is 0.982. The predicted octanol–water partition coefficient (Wildman–Crippen LogP) is 3.75. The highest BCUT2D eigenvalue weighted by atomic mass is 35.5. The number of carbonyl (C=O) groups excluding carboxylic acids is 2. The number of ether oxygens (including phenoxy) is 1. The highest BCUT2D eigenvalue weighted by Gasteiger charge is 2.17. The molecule has 2 N–H and O–H groups in total. The van der Waals surface area contributed by atoms with Crippen LogP contribution in [0.4, 0.5) is 11.4 Å². The Kier molecular flexibility index (Phi) is 7.78. The summed E-state index contributed by atoms with van der Waals surface area (Å²) in [6, 6.07) is 10.4. The van der Waals surface area contributed by atoms with E-state index in [-0.39, 0.29) is 21.4 Å². The zero-order valence-electron chi connectivity index (χ0n) is 16.4. The Morgan fingerprint density at radius 3 is 2.41 bits per heavy atom. The lowest BCUT2D eigenvalue weighted by molar-refractivity contribution is -0.127. The normalized spacial score (nSPS) is 12.3. The Morgan fingerprint density at radius 2 is 1.83 bits per heavy atom. The molecule has 0 saturated heterocycles. The summed E-state index contributed by atoms with van der Waals surface area (Å²) in [6.45, 7) is 4.10. The summed E-state index contributed by atoms with van der Waals surface area (Å²) in [5.74, 6) is -0.781. The molecule has 0 aliphatic heterocycles. The molecule has 0 aliphatic rings. The lowest BCUT2D eigenvalue weighted by Gasteiger charge is -2.15. The molecular weight excluding hydrogens is 416 g/mol. The average Bonchev–Trinajstić information content (AvgIpc) is 2.67. The maximum atomic E-state index is 12.5. The molecule has 0 fully saturated rings. The van der Waals surface area contributed by atoms with Gasteiger partial charge in [0, 0.05) is 24.1 Å². The number of benzene rings is 2. The van der Waals surface area contributed by atoms with Crippen molar-refractivity contribution in [2.75, 3.05) is 23.5 Å². The highest BCUT2D eigenvalue weighted by Crippen LogP contribution is 2.26. The van der Waals surface area contributed by atoms with Gasteiger partial charge in [0.15, 0.2) is 9.84 Å². The Balaban J connectivity index is 2.13. The second-order valence-electron chi connectivity index (χ2n) is 6.29. The van der Waals surface area contributed by atoms with Crippen LogP contribution < -0.4 is 10.6 Å². The summed E-state index contributed by atoms with van der Waals surface area (Å²) in [5, 5.41) is 5.59. The van der Waals surface area contributed by atoms with Gasteiger partial charge in [0.05, 0.1) is 15.6 Å². The van der Waals surface area contributed by atoms with Gasteiger partial charge in [-0.15, -0.1) is 0 Å². The number of halogens is 1. The first-order chi connectivity index (χ1) is 13.7. The molecule has 2 rings (SSSR count). The van der Waals surface area contributed by atoms with Gasteiger partial charge in [-0.2, -0.15) is 0 Å². The van der Waals surface area contributed by atoms with Gasteiger partial charge < -0.3 is 15.4 Å². The zero-order valence-corrected chi connectivity index (χ0v) is 17.9. The minimum absolute atomic E-state index is 0.0501. The molecule has 9 heteroatoms. The topological polar surface area (TPSA) is 102 Å². The van der Waals surface area contributed by atoms with Crippen molar-refractivity contribution in [2.45, 2.75) is 31.3 Å². The van der Waals surface area contributed by atoms with Crippen LogP contribution in [0.3, 0.4) is 0 Å². The number of sulfone groups is 1. The molecule has 7 nitrogen and oxygen atoms in total. The lowest BCUT2D eigenvalue weighted by Crippen LogP contribution is -2.29. The molecule has 0 radical (unpaired) electrons. The standard InChI is InChI=1S/C20H23ClN2O5S/c1-4-18(28-5-2)20(25)22-14-9-10-17(16(21)12-14)23-19(24)13-7-6-8-15(11-13)29(3,26)27/h6-12,18H,4-5H2,1-3H3,(H,22,25)(H,23,24). The second-order valence-corrected chi connectivity index (χ2v) is 8.71. The van der Waals surface area contributed by atoms with Crippen LogP contribution in [0.15, 0.2) is 47.4 Å². The van der Waals surface area contributed by atoms with Crippen LogP contribution in [-0.4, -0.2) is 39.2 Å². The van der Waals surface area contributed by atoms with E-state index in [9.17, 15) is 18.0 Å². The maximum absolute atomic E-state index is 12.5. The van der Waals surface area contributed by atoms with Crippen LogP contribution in [0.2, 0.25) is 5.02 Å². The first-order valence-electron chi connectivity index (χ1n) is 8.99.